The summed E-state index contributed by atoms with van der Waals surface area (Å²) in [5.74, 6) is -3.72. The number of hydrogen-bond donors (Lipinski definition) is 2. The van der Waals surface area contributed by atoms with E-state index < -0.39 is 46.6 Å². The predicted octanol–water partition coefficient (Wildman–Crippen LogP) is 3.78. The van der Waals surface area contributed by atoms with E-state index in [0.717, 1.165) is 30.0 Å². The maximum atomic E-state index is 14.4. The van der Waals surface area contributed by atoms with Crippen molar-refractivity contribution in [2.24, 2.45) is 11.7 Å². The summed E-state index contributed by atoms with van der Waals surface area (Å²) in [5.41, 5.74) is 5.91. The number of nitrogens with zero attached hydrogens (tertiary/aromatic N) is 3. The lowest BCUT2D eigenvalue weighted by molar-refractivity contribution is 0.0784. The Morgan fingerprint density at radius 1 is 1.18 bits per heavy atom. The number of rotatable bonds is 5. The molecule has 0 bridgehead atoms. The monoisotopic (exact) mass is 490 g/mol. The summed E-state index contributed by atoms with van der Waals surface area (Å²) < 4.78 is 43.1. The topological polar surface area (TPSA) is 92.3 Å². The van der Waals surface area contributed by atoms with E-state index in [4.69, 9.17) is 17.3 Å². The zero-order valence-electron chi connectivity index (χ0n) is 18.2. The van der Waals surface area contributed by atoms with Crippen LogP contribution in [0, 0.1) is 23.4 Å². The lowest BCUT2D eigenvalue weighted by Crippen LogP contribution is -2.55. The van der Waals surface area contributed by atoms with Crippen LogP contribution in [-0.4, -0.2) is 46.1 Å². The molecule has 1 aliphatic heterocycles. The number of carbonyl (C=O) groups excluding carboxylic acids is 1. The maximum absolute atomic E-state index is 14.4. The quantitative estimate of drug-likeness (QED) is 0.529. The van der Waals surface area contributed by atoms with Gasteiger partial charge in [-0.3, -0.25) is 9.78 Å². The Morgan fingerprint density at radius 3 is 2.56 bits per heavy atom. The van der Waals surface area contributed by atoms with Gasteiger partial charge in [0, 0.05) is 60.1 Å². The number of ketones is 1. The van der Waals surface area contributed by atoms with Gasteiger partial charge in [-0.15, -0.1) is 0 Å². The van der Waals surface area contributed by atoms with E-state index in [0.29, 0.717) is 18.7 Å². The number of aliphatic hydroxyl groups excluding tert-OH is 1. The smallest absolute Gasteiger partial charge is 0.185 e. The van der Waals surface area contributed by atoms with Crippen molar-refractivity contribution in [3.63, 3.8) is 0 Å². The Balaban J connectivity index is 1.64. The first-order valence-electron chi connectivity index (χ1n) is 10.6. The number of hydrogen-bond acceptors (Lipinski definition) is 6. The van der Waals surface area contributed by atoms with Crippen LogP contribution in [0.2, 0.25) is 5.02 Å². The summed E-state index contributed by atoms with van der Waals surface area (Å²) in [4.78, 5) is 23.1. The number of benzene rings is 1. The molecule has 1 aliphatic rings. The van der Waals surface area contributed by atoms with Gasteiger partial charge in [-0.2, -0.15) is 0 Å². The van der Waals surface area contributed by atoms with Crippen LogP contribution >= 0.6 is 11.6 Å². The molecule has 6 nitrogen and oxygen atoms in total. The lowest BCUT2D eigenvalue weighted by Gasteiger charge is -2.40. The van der Waals surface area contributed by atoms with Gasteiger partial charge in [0.2, 0.25) is 0 Å². The number of piperidine rings is 1. The minimum Gasteiger partial charge on any atom is -0.391 e. The third kappa shape index (κ3) is 4.77. The second kappa shape index (κ2) is 9.69. The molecule has 0 spiro atoms. The first-order chi connectivity index (χ1) is 16.2. The largest absolute Gasteiger partial charge is 0.391 e. The van der Waals surface area contributed by atoms with E-state index in [1.165, 1.54) is 6.20 Å². The third-order valence-electron chi connectivity index (χ3n) is 5.91. The van der Waals surface area contributed by atoms with Gasteiger partial charge < -0.3 is 15.7 Å². The number of carbonyl (C=O) groups is 1. The van der Waals surface area contributed by atoms with E-state index in [1.807, 2.05) is 11.8 Å². The van der Waals surface area contributed by atoms with Crippen LogP contribution in [0.1, 0.15) is 23.0 Å². The summed E-state index contributed by atoms with van der Waals surface area (Å²) in [6.45, 7) is 2.82. The van der Waals surface area contributed by atoms with Crippen LogP contribution in [0.25, 0.3) is 11.3 Å². The molecular formula is C24H22ClF3N4O2. The second-order valence-corrected chi connectivity index (χ2v) is 8.85. The first kappa shape index (κ1) is 24.1. The first-order valence-corrected chi connectivity index (χ1v) is 11.0. The molecule has 178 valence electrons. The van der Waals surface area contributed by atoms with Crippen LogP contribution in [0.15, 0.2) is 42.7 Å². The molecule has 0 aliphatic carbocycles. The SMILES string of the molecule is C[C@H]1CN(c2ccncc2CC(=O)c2ccc(F)c(-c3c(F)cc(Cl)cc3F)n2)C[C@@H](N)[C@@H]1O. The number of halogens is 4. The van der Waals surface area contributed by atoms with Crippen molar-refractivity contribution in [3.8, 4) is 11.3 Å². The van der Waals surface area contributed by atoms with Gasteiger partial charge in [-0.1, -0.05) is 18.5 Å². The van der Waals surface area contributed by atoms with Gasteiger partial charge in [0.15, 0.2) is 5.78 Å². The highest BCUT2D eigenvalue weighted by atomic mass is 35.5. The number of nitrogens with two attached hydrogens (primary N) is 1. The van der Waals surface area contributed by atoms with Gasteiger partial charge in [0.1, 0.15) is 28.8 Å². The summed E-state index contributed by atoms with van der Waals surface area (Å²) in [7, 11) is 0. The van der Waals surface area contributed by atoms with Gasteiger partial charge in [0.05, 0.1) is 11.7 Å². The Labute approximate surface area is 199 Å². The number of Topliss-reactive ketones (excluding diaryl/α,β-unsaturated/α-hetero) is 1. The molecule has 10 heteroatoms. The molecule has 3 atom stereocenters. The van der Waals surface area contributed by atoms with E-state index in [9.17, 15) is 23.1 Å². The summed E-state index contributed by atoms with van der Waals surface area (Å²) in [5, 5.41) is 9.97. The Morgan fingerprint density at radius 2 is 1.88 bits per heavy atom. The molecule has 3 aromatic rings. The van der Waals surface area contributed by atoms with E-state index in [1.54, 1.807) is 12.3 Å². The highest BCUT2D eigenvalue weighted by molar-refractivity contribution is 6.30. The highest BCUT2D eigenvalue weighted by Gasteiger charge is 2.32. The molecule has 4 rings (SSSR count). The minimum atomic E-state index is -1.09. The normalized spacial score (nSPS) is 20.4. The van der Waals surface area contributed by atoms with Crippen LogP contribution in [0.5, 0.6) is 0 Å². The molecule has 0 radical (unpaired) electrons. The van der Waals surface area contributed by atoms with Gasteiger partial charge in [-0.25, -0.2) is 18.2 Å². The van der Waals surface area contributed by atoms with Crippen LogP contribution in [0.4, 0.5) is 18.9 Å². The molecule has 34 heavy (non-hydrogen) atoms. The van der Waals surface area contributed by atoms with Crippen LogP contribution in [-0.2, 0) is 6.42 Å². The summed E-state index contributed by atoms with van der Waals surface area (Å²) in [6, 6.07) is 5.10. The standard InChI is InChI=1S/C24H22ClF3N4O2/c1-12-10-32(11-18(29)24(12)34)20-4-5-30-9-13(20)6-21(33)19-3-2-15(26)23(31-19)22-16(27)7-14(25)8-17(22)28/h2-5,7-9,12,18,24,34H,6,10-11,29H2,1H3/t12-,18+,24+/m0/s1. The van der Waals surface area contributed by atoms with Crippen molar-refractivity contribution >= 4 is 23.1 Å². The molecule has 1 fully saturated rings. The van der Waals surface area contributed by atoms with Crippen LogP contribution < -0.4 is 10.6 Å². The van der Waals surface area contributed by atoms with E-state index in [2.05, 4.69) is 9.97 Å². The average molecular weight is 491 g/mol. The fourth-order valence-corrected chi connectivity index (χ4v) is 4.37. The fourth-order valence-electron chi connectivity index (χ4n) is 4.18. The molecule has 0 amide bonds. The predicted molar refractivity (Wildman–Crippen MR) is 122 cm³/mol. The summed E-state index contributed by atoms with van der Waals surface area (Å²) in [6.07, 6.45) is 2.37. The van der Waals surface area contributed by atoms with Gasteiger partial charge in [0.25, 0.3) is 0 Å². The van der Waals surface area contributed by atoms with Gasteiger partial charge >= 0.3 is 0 Å². The average Bonchev–Trinajstić information content (AvgIpc) is 2.78. The van der Waals surface area contributed by atoms with Crippen molar-refractivity contribution in [1.29, 1.82) is 0 Å². The third-order valence-corrected chi connectivity index (χ3v) is 6.12. The number of aliphatic hydroxyl groups is 1. The lowest BCUT2D eigenvalue weighted by atomic mass is 9.92. The molecule has 0 saturated carbocycles. The summed E-state index contributed by atoms with van der Waals surface area (Å²) >= 11 is 5.65. The molecule has 1 aromatic carbocycles. The fraction of sp³-hybridized carbons (Fsp3) is 0.292. The minimum absolute atomic E-state index is 0.0778. The Hall–Kier alpha value is -3.01. The number of aromatic nitrogens is 2. The van der Waals surface area contributed by atoms with Crippen molar-refractivity contribution in [2.45, 2.75) is 25.5 Å². The maximum Gasteiger partial charge on any atom is 0.185 e. The van der Waals surface area contributed by atoms with Crippen molar-refractivity contribution in [3.05, 3.63) is 76.5 Å². The second-order valence-electron chi connectivity index (χ2n) is 8.41. The van der Waals surface area contributed by atoms with Crippen molar-refractivity contribution in [1.82, 2.24) is 9.97 Å². The van der Waals surface area contributed by atoms with Crippen molar-refractivity contribution in [2.75, 3.05) is 18.0 Å². The van der Waals surface area contributed by atoms with Gasteiger partial charge in [-0.05, 0) is 30.3 Å². The van der Waals surface area contributed by atoms with E-state index in [-0.39, 0.29) is 23.1 Å². The number of anilines is 1. The Kier molecular flexibility index (Phi) is 6.88. The number of pyridine rings is 2. The van der Waals surface area contributed by atoms with E-state index >= 15 is 0 Å². The molecule has 2 aromatic heterocycles. The molecular weight excluding hydrogens is 469 g/mol. The molecule has 0 unspecified atom stereocenters. The Bertz CT molecular complexity index is 1210. The molecule has 1 saturated heterocycles. The van der Waals surface area contributed by atoms with Crippen molar-refractivity contribution < 1.29 is 23.1 Å². The molecule has 3 N–H and O–H groups in total. The van der Waals surface area contributed by atoms with Crippen LogP contribution in [0.3, 0.4) is 0 Å². The highest BCUT2D eigenvalue weighted by Crippen LogP contribution is 2.30. The molecule has 3 heterocycles. The zero-order valence-corrected chi connectivity index (χ0v) is 18.9. The zero-order chi connectivity index (χ0) is 24.6.